The van der Waals surface area contributed by atoms with Crippen LogP contribution in [-0.4, -0.2) is 468 Å². The average Bonchev–Trinajstić information content (AvgIpc) is 0.791. The molecule has 0 spiro atoms. The smallest absolute Gasteiger partial charge is 0.187 e. The molecule has 8 heterocycles. The fraction of sp³-hybridized carbons (Fsp3) is 0.927. The van der Waals surface area contributed by atoms with Gasteiger partial charge in [0.05, 0.1) is 79.3 Å². The summed E-state index contributed by atoms with van der Waals surface area (Å²) in [4.78, 5) is 0. The third-order valence-electron chi connectivity index (χ3n) is 25.4. The Bertz CT molecular complexity index is 2800. The number of hydrogen-bond donors (Lipinski definition) is 28. The van der Waals surface area contributed by atoms with Crippen molar-refractivity contribution < 1.29 is 219 Å². The van der Waals surface area contributed by atoms with Crippen LogP contribution in [-0.2, 0) is 88.6 Å². The first kappa shape index (κ1) is 107. The van der Waals surface area contributed by atoms with Crippen LogP contribution in [0.1, 0.15) is 141 Å². The summed E-state index contributed by atoms with van der Waals surface area (Å²) in [6.45, 7) is -4.99. The minimum absolute atomic E-state index is 0.0621. The normalized spacial score (nSPS) is 42.4. The van der Waals surface area contributed by atoms with Gasteiger partial charge in [0.25, 0.3) is 0 Å². The zero-order valence-corrected chi connectivity index (χ0v) is 71.1. The third-order valence-corrected chi connectivity index (χ3v) is 25.4. The molecule has 0 bridgehead atoms. The quantitative estimate of drug-likeness (QED) is 0.0269. The Hall–Kier alpha value is -2.54. The fourth-order valence-corrected chi connectivity index (χ4v) is 17.5. The lowest BCUT2D eigenvalue weighted by Crippen LogP contribution is -2.65. The van der Waals surface area contributed by atoms with E-state index in [4.69, 9.17) is 75.8 Å². The fourth-order valence-electron chi connectivity index (χ4n) is 17.5. The molecule has 8 aliphatic rings. The molecule has 0 aliphatic carbocycles. The van der Waals surface area contributed by atoms with E-state index in [0.717, 1.165) is 77.0 Å². The molecule has 1 aromatic rings. The van der Waals surface area contributed by atoms with Gasteiger partial charge in [-0.1, -0.05) is 141 Å². The first-order valence-electron chi connectivity index (χ1n) is 44.2. The van der Waals surface area contributed by atoms with Gasteiger partial charge >= 0.3 is 0 Å². The Morgan fingerprint density at radius 2 is 0.405 bits per heavy atom. The van der Waals surface area contributed by atoms with Crippen LogP contribution in [0.5, 0.6) is 0 Å². The van der Waals surface area contributed by atoms with Gasteiger partial charge in [-0.15, -0.1) is 0 Å². The summed E-state index contributed by atoms with van der Waals surface area (Å²) in [5.41, 5.74) is -1.76. The van der Waals surface area contributed by atoms with Crippen molar-refractivity contribution >= 4 is 0 Å². The van der Waals surface area contributed by atoms with Crippen molar-refractivity contribution in [2.45, 2.75) is 388 Å². The molecule has 8 fully saturated rings. The molecule has 28 N–H and O–H groups in total. The monoisotopic (exact) mass is 1830 g/mol. The minimum atomic E-state index is -2.05. The highest BCUT2D eigenvalue weighted by Crippen LogP contribution is 2.42. The van der Waals surface area contributed by atoms with Gasteiger partial charge in [0.2, 0.25) is 0 Å². The summed E-state index contributed by atoms with van der Waals surface area (Å²) in [7, 11) is 0. The van der Waals surface area contributed by atoms with Crippen LogP contribution in [0.2, 0.25) is 0 Å². The molecule has 1 aromatic carbocycles. The van der Waals surface area contributed by atoms with E-state index in [2.05, 4.69) is 13.8 Å². The number of aliphatic hydroxyl groups excluding tert-OH is 28. The van der Waals surface area contributed by atoms with E-state index < -0.39 is 336 Å². The van der Waals surface area contributed by atoms with E-state index in [1.807, 2.05) is 0 Å². The third kappa shape index (κ3) is 27.0. The zero-order valence-electron chi connectivity index (χ0n) is 71.1. The Kier molecular flexibility index (Phi) is 43.7. The lowest BCUT2D eigenvalue weighted by atomic mass is 9.76. The molecule has 44 heteroatoms. The van der Waals surface area contributed by atoms with Crippen LogP contribution < -0.4 is 0 Å². The van der Waals surface area contributed by atoms with Crippen LogP contribution in [0.3, 0.4) is 0 Å². The molecule has 0 saturated carbocycles. The highest BCUT2D eigenvalue weighted by Gasteiger charge is 2.58. The van der Waals surface area contributed by atoms with Gasteiger partial charge in [0.15, 0.2) is 50.3 Å². The van der Waals surface area contributed by atoms with Crippen LogP contribution in [0.15, 0.2) is 24.3 Å². The maximum Gasteiger partial charge on any atom is 0.187 e. The molecule has 9 rings (SSSR count). The predicted molar refractivity (Wildman–Crippen MR) is 423 cm³/mol. The van der Waals surface area contributed by atoms with E-state index in [1.165, 1.54) is 0 Å². The summed E-state index contributed by atoms with van der Waals surface area (Å²) >= 11 is 0. The van der Waals surface area contributed by atoms with Crippen LogP contribution in [0, 0.1) is 10.8 Å². The molecule has 41 atom stereocenters. The van der Waals surface area contributed by atoms with Crippen molar-refractivity contribution in [3.8, 4) is 0 Å². The van der Waals surface area contributed by atoms with Gasteiger partial charge < -0.3 is 219 Å². The number of hydrogen-bond acceptors (Lipinski definition) is 44. The SMILES string of the molecule is CCCCCCCCCCC(CO[C@@H]1OC(CO)[C@@H](O[C@H]2OC(CO)[C@@H](O)[C@H](O)C2O)[C@H](O)C1O)(CO[C@@H]1OC(CO)[C@@H](O[C@@H]2OC(CO)[C@@H](O)[C@H](O)C2O)[C@H](O)C1O)Cc1ccc(CC(CCCCCCCCCC)(CO[C@@H]2OC(CO)[C@@H](O[C@@H]3OC(CO)[C@@H](O)[C@H](O)C3O)[C@H](O)C2O)CO[C@@H]2OC(CO)[C@@H](O[C@@H]3OC(CO)[C@@H](O)[C@H](O)C3O)[C@H](O)C2O)cc1. The molecule has 44 nitrogen and oxygen atoms in total. The van der Waals surface area contributed by atoms with Crippen molar-refractivity contribution in [1.82, 2.24) is 0 Å². The maximum atomic E-state index is 12.0. The van der Waals surface area contributed by atoms with Crippen molar-refractivity contribution in [3.63, 3.8) is 0 Å². The molecule has 126 heavy (non-hydrogen) atoms. The summed E-state index contributed by atoms with van der Waals surface area (Å²) in [5.74, 6) is 0. The Morgan fingerprint density at radius 3 is 0.603 bits per heavy atom. The molecular weight excluding hydrogens is 1690 g/mol. The second kappa shape index (κ2) is 51.4. The van der Waals surface area contributed by atoms with Gasteiger partial charge in [-0.05, 0) is 36.8 Å². The molecule has 734 valence electrons. The lowest BCUT2D eigenvalue weighted by Gasteiger charge is -2.47. The molecule has 0 aromatic heterocycles. The molecule has 0 radical (unpaired) electrons. The van der Waals surface area contributed by atoms with Crippen LogP contribution in [0.4, 0.5) is 0 Å². The Morgan fingerprint density at radius 1 is 0.222 bits per heavy atom. The first-order chi connectivity index (χ1) is 60.3. The van der Waals surface area contributed by atoms with Crippen molar-refractivity contribution in [2.24, 2.45) is 10.8 Å². The Balaban J connectivity index is 1.07. The van der Waals surface area contributed by atoms with E-state index >= 15 is 0 Å². The van der Waals surface area contributed by atoms with Gasteiger partial charge in [-0.2, -0.15) is 0 Å². The van der Waals surface area contributed by atoms with Gasteiger partial charge in [-0.25, -0.2) is 0 Å². The standard InChI is InChI=1S/C82H142O44/c1-3-5-7-9-11-13-15-17-23-81(35-111-73-65(107)57(99)69(45(31-87)119-73)123-77-61(103)53(95)49(91)41(27-83)115-77,36-112-74-66(108)58(100)70(46(32-88)120-74)124-78-62(104)54(96)50(92)42(28-84)116-78)25-39-19-21-40(22-20-39)26-82(24-18-16-14-12-10-8-6-4-2,37-113-75-67(109)59(101)71(47(33-89)121-75)125-79-63(105)55(97)51(93)43(29-85)117-79)38-114-76-68(110)60(102)72(48(34-90)122-76)126-80-64(106)56(98)52(94)44(30-86)118-80/h19-22,41-80,83-110H,3-18,23-38H2,1-2H3/t41?,42?,43?,44?,45?,46?,47?,48?,49-,50-,51-,52-,53+,54+,55+,56+,57-,58-,59-,60-,61?,62?,63?,64?,65?,66?,67?,68?,69-,70-,71-,72-,73-,74-,75-,76-,77-,78+,79+,80+,81?,82?/m1/s1. The molecule has 0 amide bonds. The van der Waals surface area contributed by atoms with Crippen molar-refractivity contribution in [3.05, 3.63) is 35.4 Å². The predicted octanol–water partition coefficient (Wildman–Crippen LogP) is -9.63. The zero-order chi connectivity index (χ0) is 92.0. The number of unbranched alkanes of at least 4 members (excludes halogenated alkanes) is 14. The lowest BCUT2D eigenvalue weighted by molar-refractivity contribution is -0.365. The summed E-state index contributed by atoms with van der Waals surface area (Å²) in [6, 6.07) is 6.92. The highest BCUT2D eigenvalue weighted by atomic mass is 16.8. The van der Waals surface area contributed by atoms with E-state index in [0.29, 0.717) is 36.8 Å². The molecular formula is C82H142O44. The topological polar surface area (TPSA) is 714 Å². The summed E-state index contributed by atoms with van der Waals surface area (Å²) < 4.78 is 96.2. The van der Waals surface area contributed by atoms with Crippen LogP contribution >= 0.6 is 0 Å². The number of aliphatic hydroxyl groups is 28. The molecule has 17 unspecified atom stereocenters. The highest BCUT2D eigenvalue weighted by molar-refractivity contribution is 5.25. The van der Waals surface area contributed by atoms with Gasteiger partial charge in [0.1, 0.15) is 195 Å². The van der Waals surface area contributed by atoms with E-state index in [9.17, 15) is 143 Å². The Labute approximate surface area is 729 Å². The summed E-state index contributed by atoms with van der Waals surface area (Å²) in [5, 5.41) is 307. The van der Waals surface area contributed by atoms with Gasteiger partial charge in [0, 0.05) is 10.8 Å². The maximum absolute atomic E-state index is 12.0. The minimum Gasteiger partial charge on any atom is -0.394 e. The number of ether oxygens (including phenoxy) is 16. The van der Waals surface area contributed by atoms with E-state index in [1.54, 1.807) is 24.3 Å². The van der Waals surface area contributed by atoms with Crippen LogP contribution in [0.25, 0.3) is 0 Å². The average molecular weight is 1830 g/mol. The second-order valence-electron chi connectivity index (χ2n) is 34.9. The largest absolute Gasteiger partial charge is 0.394 e. The second-order valence-corrected chi connectivity index (χ2v) is 34.9. The summed E-state index contributed by atoms with van der Waals surface area (Å²) in [6.07, 6.45) is -60.0. The number of rotatable bonds is 50. The number of benzene rings is 1. The van der Waals surface area contributed by atoms with Gasteiger partial charge in [-0.3, -0.25) is 0 Å². The molecule has 8 aliphatic heterocycles. The van der Waals surface area contributed by atoms with Crippen molar-refractivity contribution in [1.29, 1.82) is 0 Å². The molecule has 8 saturated heterocycles. The van der Waals surface area contributed by atoms with Crippen molar-refractivity contribution in [2.75, 3.05) is 79.3 Å². The van der Waals surface area contributed by atoms with E-state index in [-0.39, 0.29) is 25.7 Å². The first-order valence-corrected chi connectivity index (χ1v) is 44.2.